The van der Waals surface area contributed by atoms with E-state index in [4.69, 9.17) is 5.11 Å². The van der Waals surface area contributed by atoms with Crippen LogP contribution in [0.1, 0.15) is 25.8 Å². The van der Waals surface area contributed by atoms with Crippen molar-refractivity contribution in [3.05, 3.63) is 28.0 Å². The van der Waals surface area contributed by atoms with E-state index in [2.05, 4.69) is 15.9 Å². The van der Waals surface area contributed by atoms with Crippen molar-refractivity contribution in [1.82, 2.24) is 0 Å². The van der Waals surface area contributed by atoms with Gasteiger partial charge in [-0.2, -0.15) is 0 Å². The zero-order chi connectivity index (χ0) is 12.5. The lowest BCUT2D eigenvalue weighted by Crippen LogP contribution is -2.22. The summed E-state index contributed by atoms with van der Waals surface area (Å²) < 4.78 is 13.4. The number of phenolic OH excluding ortho intramolecular Hbond substituents is 1. The molecule has 0 saturated heterocycles. The molecular weight excluding hydrogens is 279 g/mol. The molecule has 0 aromatic heterocycles. The summed E-state index contributed by atoms with van der Waals surface area (Å²) in [5.41, 5.74) is -0.553. The van der Waals surface area contributed by atoms with Crippen LogP contribution in [0.2, 0.25) is 0 Å². The molecule has 2 N–H and O–H groups in total. The van der Waals surface area contributed by atoms with Crippen molar-refractivity contribution in [3.8, 4) is 5.75 Å². The van der Waals surface area contributed by atoms with Crippen LogP contribution in [0.4, 0.5) is 4.39 Å². The Bertz CT molecular complexity index is 429. The second kappa shape index (κ2) is 4.41. The van der Waals surface area contributed by atoms with Crippen molar-refractivity contribution < 1.29 is 19.4 Å². The maximum Gasteiger partial charge on any atom is 0.304 e. The maximum atomic E-state index is 13.2. The van der Waals surface area contributed by atoms with Crippen LogP contribution < -0.4 is 0 Å². The lowest BCUT2D eigenvalue weighted by atomic mass is 9.81. The average molecular weight is 291 g/mol. The molecule has 0 bridgehead atoms. The van der Waals surface area contributed by atoms with Crippen LogP contribution in [-0.2, 0) is 10.2 Å². The molecule has 0 spiro atoms. The number of rotatable bonds is 3. The maximum absolute atomic E-state index is 13.2. The average Bonchev–Trinajstić information content (AvgIpc) is 2.08. The topological polar surface area (TPSA) is 57.5 Å². The number of aromatic hydroxyl groups is 1. The number of hydrogen-bond donors (Lipinski definition) is 2. The van der Waals surface area contributed by atoms with Crippen molar-refractivity contribution in [3.63, 3.8) is 0 Å². The van der Waals surface area contributed by atoms with Crippen LogP contribution in [0.3, 0.4) is 0 Å². The summed E-state index contributed by atoms with van der Waals surface area (Å²) in [6.07, 6.45) is -0.184. The molecular formula is C11H12BrFO3. The molecule has 0 fully saturated rings. The van der Waals surface area contributed by atoms with Gasteiger partial charge in [0.25, 0.3) is 0 Å². The highest BCUT2D eigenvalue weighted by atomic mass is 79.9. The first-order valence-electron chi connectivity index (χ1n) is 4.64. The fraction of sp³-hybridized carbons (Fsp3) is 0.364. The van der Waals surface area contributed by atoms with Crippen LogP contribution >= 0.6 is 15.9 Å². The highest BCUT2D eigenvalue weighted by Gasteiger charge is 2.28. The SMILES string of the molecule is CC(C)(CC(=O)O)c1cc(F)cc(Br)c1O. The van der Waals surface area contributed by atoms with Crippen LogP contribution in [0.25, 0.3) is 0 Å². The molecule has 1 aromatic rings. The predicted molar refractivity (Wildman–Crippen MR) is 61.0 cm³/mol. The number of benzene rings is 1. The molecule has 0 aliphatic carbocycles. The zero-order valence-electron chi connectivity index (χ0n) is 8.92. The molecule has 0 unspecified atom stereocenters. The molecule has 0 aliphatic heterocycles. The van der Waals surface area contributed by atoms with Crippen molar-refractivity contribution >= 4 is 21.9 Å². The van der Waals surface area contributed by atoms with Gasteiger partial charge >= 0.3 is 5.97 Å². The molecule has 0 amide bonds. The first-order chi connectivity index (χ1) is 7.24. The van der Waals surface area contributed by atoms with Gasteiger partial charge < -0.3 is 10.2 Å². The fourth-order valence-corrected chi connectivity index (χ4v) is 1.99. The van der Waals surface area contributed by atoms with Crippen molar-refractivity contribution in [2.45, 2.75) is 25.7 Å². The van der Waals surface area contributed by atoms with Crippen LogP contribution in [0.15, 0.2) is 16.6 Å². The fourth-order valence-electron chi connectivity index (χ4n) is 1.56. The van der Waals surface area contributed by atoms with E-state index in [1.54, 1.807) is 13.8 Å². The van der Waals surface area contributed by atoms with Gasteiger partial charge in [0.05, 0.1) is 10.9 Å². The minimum atomic E-state index is -0.996. The van der Waals surface area contributed by atoms with Gasteiger partial charge in [-0.15, -0.1) is 0 Å². The summed E-state index contributed by atoms with van der Waals surface area (Å²) in [5, 5.41) is 18.5. The standard InChI is InChI=1S/C11H12BrFO3/c1-11(2,5-9(14)15)7-3-6(13)4-8(12)10(7)16/h3-4,16H,5H2,1-2H3,(H,14,15). The summed E-state index contributed by atoms with van der Waals surface area (Å²) in [4.78, 5) is 10.7. The quantitative estimate of drug-likeness (QED) is 0.900. The molecule has 0 saturated carbocycles. The molecule has 1 aromatic carbocycles. The third-order valence-electron chi connectivity index (χ3n) is 2.35. The van der Waals surface area contributed by atoms with Crippen molar-refractivity contribution in [2.75, 3.05) is 0 Å². The minimum absolute atomic E-state index is 0.118. The van der Waals surface area contributed by atoms with Gasteiger partial charge in [0.2, 0.25) is 0 Å². The molecule has 88 valence electrons. The highest BCUT2D eigenvalue weighted by Crippen LogP contribution is 2.38. The van der Waals surface area contributed by atoms with Gasteiger partial charge in [-0.05, 0) is 28.1 Å². The minimum Gasteiger partial charge on any atom is -0.506 e. The molecule has 3 nitrogen and oxygen atoms in total. The Morgan fingerprint density at radius 1 is 1.50 bits per heavy atom. The Kier molecular flexibility index (Phi) is 3.57. The van der Waals surface area contributed by atoms with Gasteiger partial charge in [-0.25, -0.2) is 4.39 Å². The van der Waals surface area contributed by atoms with E-state index in [1.807, 2.05) is 0 Å². The summed E-state index contributed by atoms with van der Waals surface area (Å²) in [7, 11) is 0. The summed E-state index contributed by atoms with van der Waals surface area (Å²) in [6, 6.07) is 2.29. The smallest absolute Gasteiger partial charge is 0.304 e. The van der Waals surface area contributed by atoms with E-state index in [-0.39, 0.29) is 22.2 Å². The molecule has 0 aliphatic rings. The Balaban J connectivity index is 3.26. The monoisotopic (exact) mass is 290 g/mol. The zero-order valence-corrected chi connectivity index (χ0v) is 10.5. The number of aliphatic carboxylic acids is 1. The first kappa shape index (κ1) is 13.0. The summed E-state index contributed by atoms with van der Waals surface area (Å²) in [6.45, 7) is 3.28. The highest BCUT2D eigenvalue weighted by molar-refractivity contribution is 9.10. The number of hydrogen-bond acceptors (Lipinski definition) is 2. The summed E-state index contributed by atoms with van der Waals surface area (Å²) >= 11 is 3.02. The first-order valence-corrected chi connectivity index (χ1v) is 5.43. The number of halogens is 2. The van der Waals surface area contributed by atoms with E-state index in [0.29, 0.717) is 0 Å². The van der Waals surface area contributed by atoms with Crippen molar-refractivity contribution in [2.24, 2.45) is 0 Å². The molecule has 1 rings (SSSR count). The number of carboxylic acids is 1. The lowest BCUT2D eigenvalue weighted by Gasteiger charge is -2.24. The molecule has 0 radical (unpaired) electrons. The number of carbonyl (C=O) groups is 1. The van der Waals surface area contributed by atoms with Crippen LogP contribution in [0, 0.1) is 5.82 Å². The van der Waals surface area contributed by atoms with Crippen LogP contribution in [-0.4, -0.2) is 16.2 Å². The van der Waals surface area contributed by atoms with Crippen molar-refractivity contribution in [1.29, 1.82) is 0 Å². The third-order valence-corrected chi connectivity index (χ3v) is 2.95. The lowest BCUT2D eigenvalue weighted by molar-refractivity contribution is -0.138. The normalized spacial score (nSPS) is 11.5. The molecule has 5 heteroatoms. The molecule has 0 heterocycles. The van der Waals surface area contributed by atoms with Gasteiger partial charge in [0.15, 0.2) is 0 Å². The second-order valence-electron chi connectivity index (χ2n) is 4.24. The van der Waals surface area contributed by atoms with Gasteiger partial charge in [-0.3, -0.25) is 4.79 Å². The third kappa shape index (κ3) is 2.72. The van der Waals surface area contributed by atoms with Gasteiger partial charge in [0.1, 0.15) is 11.6 Å². The Labute approximate surface area is 101 Å². The molecule has 16 heavy (non-hydrogen) atoms. The van der Waals surface area contributed by atoms with E-state index < -0.39 is 17.2 Å². The number of phenols is 1. The predicted octanol–water partition coefficient (Wildman–Crippen LogP) is 3.05. The second-order valence-corrected chi connectivity index (χ2v) is 5.09. The van der Waals surface area contributed by atoms with Crippen LogP contribution in [0.5, 0.6) is 5.75 Å². The van der Waals surface area contributed by atoms with E-state index in [1.165, 1.54) is 0 Å². The van der Waals surface area contributed by atoms with E-state index in [0.717, 1.165) is 12.1 Å². The van der Waals surface area contributed by atoms with Gasteiger partial charge in [0, 0.05) is 11.0 Å². The largest absolute Gasteiger partial charge is 0.506 e. The number of carboxylic acid groups (broad SMARTS) is 1. The Morgan fingerprint density at radius 2 is 2.06 bits per heavy atom. The van der Waals surface area contributed by atoms with E-state index >= 15 is 0 Å². The van der Waals surface area contributed by atoms with E-state index in [9.17, 15) is 14.3 Å². The van der Waals surface area contributed by atoms with Gasteiger partial charge in [-0.1, -0.05) is 13.8 Å². The Morgan fingerprint density at radius 3 is 2.56 bits per heavy atom. The molecule has 0 atom stereocenters. The Hall–Kier alpha value is -1.10. The summed E-state index contributed by atoms with van der Waals surface area (Å²) in [5.74, 6) is -1.63.